The molecule has 0 saturated heterocycles. The highest BCUT2D eigenvalue weighted by Crippen LogP contribution is 2.19. The molecule has 2 aromatic heterocycles. The number of nitrogens with zero attached hydrogens (tertiary/aromatic N) is 4. The van der Waals surface area contributed by atoms with E-state index in [1.165, 1.54) is 11.3 Å². The van der Waals surface area contributed by atoms with E-state index in [0.717, 1.165) is 16.0 Å². The molecule has 17 heavy (non-hydrogen) atoms. The van der Waals surface area contributed by atoms with Crippen molar-refractivity contribution in [1.29, 1.82) is 0 Å². The highest BCUT2D eigenvalue weighted by molar-refractivity contribution is 7.13. The van der Waals surface area contributed by atoms with Crippen molar-refractivity contribution in [3.05, 3.63) is 39.8 Å². The van der Waals surface area contributed by atoms with Crippen LogP contribution in [-0.2, 0) is 7.05 Å². The number of imidazole rings is 1. The van der Waals surface area contributed by atoms with Crippen molar-refractivity contribution in [2.75, 3.05) is 0 Å². The molecule has 3 rings (SSSR count). The summed E-state index contributed by atoms with van der Waals surface area (Å²) in [5, 5.41) is 9.44. The maximum absolute atomic E-state index is 12.2. The molecule has 0 aliphatic rings. The molecule has 0 N–H and O–H groups in total. The Morgan fingerprint density at radius 3 is 2.53 bits per heavy atom. The topological polar surface area (TPSA) is 52.7 Å². The molecule has 0 radical (unpaired) electrons. The molecule has 3 aromatic rings. The first kappa shape index (κ1) is 10.2. The van der Waals surface area contributed by atoms with Crippen LogP contribution in [0.25, 0.3) is 16.2 Å². The second-order valence-electron chi connectivity index (χ2n) is 3.77. The van der Waals surface area contributed by atoms with Gasteiger partial charge in [-0.3, -0.25) is 4.57 Å². The van der Waals surface area contributed by atoms with Gasteiger partial charge in [0.15, 0.2) is 0 Å². The lowest BCUT2D eigenvalue weighted by Gasteiger charge is -1.95. The summed E-state index contributed by atoms with van der Waals surface area (Å²) in [6, 6.07) is 7.65. The summed E-state index contributed by atoms with van der Waals surface area (Å²) >= 11 is 1.41. The predicted molar refractivity (Wildman–Crippen MR) is 66.7 cm³/mol. The Kier molecular flexibility index (Phi) is 2.12. The summed E-state index contributed by atoms with van der Waals surface area (Å²) in [5.41, 5.74) is 1.66. The van der Waals surface area contributed by atoms with E-state index in [1.807, 2.05) is 31.2 Å². The Balaban J connectivity index is 2.44. The first-order valence-corrected chi connectivity index (χ1v) is 5.97. The Morgan fingerprint density at radius 2 is 1.88 bits per heavy atom. The average Bonchev–Trinajstić information content (AvgIpc) is 2.84. The van der Waals surface area contributed by atoms with Crippen molar-refractivity contribution in [3.63, 3.8) is 0 Å². The van der Waals surface area contributed by atoms with Gasteiger partial charge in [0.1, 0.15) is 5.01 Å². The van der Waals surface area contributed by atoms with Crippen LogP contribution >= 0.6 is 11.3 Å². The van der Waals surface area contributed by atoms with Gasteiger partial charge in [-0.25, -0.2) is 9.36 Å². The lowest BCUT2D eigenvalue weighted by atomic mass is 10.3. The maximum Gasteiger partial charge on any atom is 0.335 e. The van der Waals surface area contributed by atoms with Crippen LogP contribution < -0.4 is 5.69 Å². The van der Waals surface area contributed by atoms with Gasteiger partial charge in [0.25, 0.3) is 0 Å². The SMILES string of the molecule is Cc1nnc(-n2c(=O)n(C)c3ccccc32)s1. The fourth-order valence-corrected chi connectivity index (χ4v) is 2.55. The van der Waals surface area contributed by atoms with E-state index in [1.54, 1.807) is 16.2 Å². The lowest BCUT2D eigenvalue weighted by molar-refractivity contribution is 0.833. The number of aromatic nitrogens is 4. The smallest absolute Gasteiger partial charge is 0.295 e. The third-order valence-electron chi connectivity index (χ3n) is 2.67. The minimum Gasteiger partial charge on any atom is -0.295 e. The molecule has 5 nitrogen and oxygen atoms in total. The van der Waals surface area contributed by atoms with Crippen LogP contribution in [0.5, 0.6) is 0 Å². The van der Waals surface area contributed by atoms with Crippen molar-refractivity contribution >= 4 is 22.4 Å². The number of aryl methyl sites for hydroxylation is 2. The summed E-state index contributed by atoms with van der Waals surface area (Å²) in [5.74, 6) is 0. The second-order valence-corrected chi connectivity index (χ2v) is 4.93. The van der Waals surface area contributed by atoms with Gasteiger partial charge in [-0.15, -0.1) is 10.2 Å². The molecule has 1 aromatic carbocycles. The summed E-state index contributed by atoms with van der Waals surface area (Å²) in [4.78, 5) is 12.2. The summed E-state index contributed by atoms with van der Waals surface area (Å²) in [6.07, 6.45) is 0. The van der Waals surface area contributed by atoms with E-state index in [0.29, 0.717) is 5.13 Å². The normalized spacial score (nSPS) is 11.2. The van der Waals surface area contributed by atoms with E-state index >= 15 is 0 Å². The third-order valence-corrected chi connectivity index (χ3v) is 3.49. The van der Waals surface area contributed by atoms with E-state index in [2.05, 4.69) is 10.2 Å². The number of hydrogen-bond acceptors (Lipinski definition) is 4. The molecular formula is C11H10N4OS. The second kappa shape index (κ2) is 3.53. The van der Waals surface area contributed by atoms with Gasteiger partial charge in [0.05, 0.1) is 11.0 Å². The summed E-state index contributed by atoms with van der Waals surface area (Å²) in [6.45, 7) is 1.87. The van der Waals surface area contributed by atoms with Gasteiger partial charge < -0.3 is 0 Å². The predicted octanol–water partition coefficient (Wildman–Crippen LogP) is 1.49. The third kappa shape index (κ3) is 1.41. The van der Waals surface area contributed by atoms with E-state index < -0.39 is 0 Å². The molecule has 0 bridgehead atoms. The zero-order chi connectivity index (χ0) is 12.0. The van der Waals surface area contributed by atoms with Crippen LogP contribution in [0.1, 0.15) is 5.01 Å². The van der Waals surface area contributed by atoms with E-state index in [9.17, 15) is 4.79 Å². The highest BCUT2D eigenvalue weighted by atomic mass is 32.1. The van der Waals surface area contributed by atoms with Crippen LogP contribution in [-0.4, -0.2) is 19.3 Å². The molecule has 86 valence electrons. The van der Waals surface area contributed by atoms with Crippen LogP contribution in [0.2, 0.25) is 0 Å². The minimum atomic E-state index is -0.0950. The van der Waals surface area contributed by atoms with Gasteiger partial charge in [0, 0.05) is 7.05 Å². The van der Waals surface area contributed by atoms with Gasteiger partial charge in [-0.1, -0.05) is 23.5 Å². The fraction of sp³-hybridized carbons (Fsp3) is 0.182. The Bertz CT molecular complexity index is 752. The first-order chi connectivity index (χ1) is 8.18. The van der Waals surface area contributed by atoms with Crippen molar-refractivity contribution < 1.29 is 0 Å². The molecule has 0 unspecified atom stereocenters. The van der Waals surface area contributed by atoms with Crippen molar-refractivity contribution in [2.45, 2.75) is 6.92 Å². The Labute approximate surface area is 101 Å². The molecule has 6 heteroatoms. The van der Waals surface area contributed by atoms with Crippen LogP contribution in [0.3, 0.4) is 0 Å². The zero-order valence-corrected chi connectivity index (χ0v) is 10.2. The average molecular weight is 246 g/mol. The molecule has 0 amide bonds. The number of para-hydroxylation sites is 2. The quantitative estimate of drug-likeness (QED) is 0.653. The molecule has 0 fully saturated rings. The number of fused-ring (bicyclic) bond motifs is 1. The van der Waals surface area contributed by atoms with Crippen LogP contribution in [0.4, 0.5) is 0 Å². The largest absolute Gasteiger partial charge is 0.335 e. The maximum atomic E-state index is 12.2. The molecule has 0 aliphatic heterocycles. The fourth-order valence-electron chi connectivity index (χ4n) is 1.85. The molecule has 0 atom stereocenters. The highest BCUT2D eigenvalue weighted by Gasteiger charge is 2.14. The first-order valence-electron chi connectivity index (χ1n) is 5.15. The van der Waals surface area contributed by atoms with Gasteiger partial charge in [-0.05, 0) is 19.1 Å². The lowest BCUT2D eigenvalue weighted by Crippen LogP contribution is -2.20. The molecule has 0 saturated carbocycles. The minimum absolute atomic E-state index is 0.0950. The Hall–Kier alpha value is -1.95. The van der Waals surface area contributed by atoms with Crippen molar-refractivity contribution in [3.8, 4) is 5.13 Å². The molecule has 2 heterocycles. The van der Waals surface area contributed by atoms with Crippen molar-refractivity contribution in [2.24, 2.45) is 7.05 Å². The number of hydrogen-bond donors (Lipinski definition) is 0. The van der Waals surface area contributed by atoms with Gasteiger partial charge >= 0.3 is 5.69 Å². The number of rotatable bonds is 1. The van der Waals surface area contributed by atoms with Crippen LogP contribution in [0.15, 0.2) is 29.1 Å². The Morgan fingerprint density at radius 1 is 1.18 bits per heavy atom. The monoisotopic (exact) mass is 246 g/mol. The van der Waals surface area contributed by atoms with Crippen molar-refractivity contribution in [1.82, 2.24) is 19.3 Å². The molecule has 0 spiro atoms. The molecular weight excluding hydrogens is 236 g/mol. The molecule has 0 aliphatic carbocycles. The van der Waals surface area contributed by atoms with Crippen LogP contribution in [0, 0.1) is 6.92 Å². The summed E-state index contributed by atoms with van der Waals surface area (Å²) in [7, 11) is 1.76. The van der Waals surface area contributed by atoms with E-state index in [4.69, 9.17) is 0 Å². The van der Waals surface area contributed by atoms with Gasteiger partial charge in [0.2, 0.25) is 5.13 Å². The standard InChI is InChI=1S/C11H10N4OS/c1-7-12-13-10(17-7)15-9-6-4-3-5-8(9)14(2)11(15)16/h3-6H,1-2H3. The van der Waals surface area contributed by atoms with Gasteiger partial charge in [-0.2, -0.15) is 0 Å². The number of benzene rings is 1. The zero-order valence-electron chi connectivity index (χ0n) is 9.41. The summed E-state index contributed by atoms with van der Waals surface area (Å²) < 4.78 is 3.21. The van der Waals surface area contributed by atoms with E-state index in [-0.39, 0.29) is 5.69 Å².